The second-order valence-corrected chi connectivity index (χ2v) is 16.3. The highest BCUT2D eigenvalue weighted by molar-refractivity contribution is 7.95. The molecular formula is C35H45F3O5S3+2. The van der Waals surface area contributed by atoms with E-state index in [9.17, 15) is 13.2 Å². The van der Waals surface area contributed by atoms with Crippen molar-refractivity contribution in [2.24, 2.45) is 0 Å². The van der Waals surface area contributed by atoms with Crippen molar-refractivity contribution < 1.29 is 35.6 Å². The minimum atomic E-state index is -5.84. The molecule has 0 unspecified atom stereocenters. The summed E-state index contributed by atoms with van der Waals surface area (Å²) in [4.78, 5) is 2.76. The van der Waals surface area contributed by atoms with Crippen molar-refractivity contribution >= 4 is 56.2 Å². The molecule has 3 aromatic rings. The van der Waals surface area contributed by atoms with E-state index in [4.69, 9.17) is 22.4 Å². The van der Waals surface area contributed by atoms with E-state index in [2.05, 4.69) is 124 Å². The van der Waals surface area contributed by atoms with Crippen molar-refractivity contribution in [2.75, 3.05) is 38.2 Å². The van der Waals surface area contributed by atoms with Gasteiger partial charge in [-0.1, -0.05) is 75.3 Å². The fourth-order valence-corrected chi connectivity index (χ4v) is 5.19. The maximum atomic E-state index is 10.7. The Morgan fingerprint density at radius 1 is 0.674 bits per heavy atom. The third-order valence-corrected chi connectivity index (χ3v) is 9.57. The van der Waals surface area contributed by atoms with Crippen LogP contribution >= 0.6 is 0 Å². The van der Waals surface area contributed by atoms with E-state index in [1.54, 1.807) is 0 Å². The molecule has 0 bridgehead atoms. The molecule has 0 radical (unpaired) electrons. The van der Waals surface area contributed by atoms with Gasteiger partial charge in [0.2, 0.25) is 0 Å². The van der Waals surface area contributed by atoms with Crippen molar-refractivity contribution in [1.29, 1.82) is 0 Å². The Balaban J connectivity index is 0.000000812. The topological polar surface area (TPSA) is 72.8 Å². The van der Waals surface area contributed by atoms with Gasteiger partial charge < -0.3 is 9.47 Å². The number of alkyl halides is 3. The summed E-state index contributed by atoms with van der Waals surface area (Å²) in [5.74, 6) is 1.79. The number of hydrogen-bond acceptors (Lipinski definition) is 4. The Labute approximate surface area is 278 Å². The van der Waals surface area contributed by atoms with Crippen LogP contribution in [-0.4, -0.2) is 56.7 Å². The number of halogens is 3. The van der Waals surface area contributed by atoms with Crippen molar-refractivity contribution in [3.63, 3.8) is 0 Å². The number of unbranched alkanes of at least 4 members (excludes halogenated alkanes) is 2. The van der Waals surface area contributed by atoms with Gasteiger partial charge in [0.15, 0.2) is 9.79 Å². The molecule has 0 atom stereocenters. The molecule has 0 saturated heterocycles. The highest BCUT2D eigenvalue weighted by Crippen LogP contribution is 2.33. The minimum absolute atomic E-state index is 0.268. The van der Waals surface area contributed by atoms with Crippen LogP contribution in [0, 0.1) is 0 Å². The summed E-state index contributed by atoms with van der Waals surface area (Å²) in [7, 11) is -5.30. The zero-order valence-electron chi connectivity index (χ0n) is 27.3. The van der Waals surface area contributed by atoms with Crippen LogP contribution in [0.4, 0.5) is 13.2 Å². The standard InChI is InChI=1S/C34H44O2S2.CHF3O3S/c1-7-9-23-35-33-25-30(18-12-28-15-21-32(22-16-28)38(5)6)34(36-24-10-8-2)26-29(33)17-11-27-13-19-31(20-14-27)37(3)4;2-1(3,4)8(5,6)7/h11-22,25-26H,7-10,23-24H2,1-6H3;(H,5,6,7)/q+2;. The maximum Gasteiger partial charge on any atom is 0.522 e. The quantitative estimate of drug-likeness (QED) is 0.0598. The lowest BCUT2D eigenvalue weighted by atomic mass is 10.1. The summed E-state index contributed by atoms with van der Waals surface area (Å²) in [6.45, 7) is 5.79. The molecule has 3 rings (SSSR count). The van der Waals surface area contributed by atoms with E-state index in [-0.39, 0.29) is 21.8 Å². The van der Waals surface area contributed by atoms with Gasteiger partial charge in [-0.15, -0.1) is 0 Å². The number of rotatable bonds is 14. The van der Waals surface area contributed by atoms with Crippen molar-refractivity contribution in [2.45, 2.75) is 54.8 Å². The van der Waals surface area contributed by atoms with Crippen molar-refractivity contribution in [1.82, 2.24) is 0 Å². The molecule has 0 saturated carbocycles. The van der Waals surface area contributed by atoms with Crippen molar-refractivity contribution in [3.8, 4) is 11.5 Å². The summed E-state index contributed by atoms with van der Waals surface area (Å²) in [6.07, 6.45) is 21.9. The smallest absolute Gasteiger partial charge is 0.493 e. The van der Waals surface area contributed by atoms with Gasteiger partial charge in [-0.25, -0.2) is 0 Å². The third-order valence-electron chi connectivity index (χ3n) is 6.56. The number of benzene rings is 3. The zero-order valence-corrected chi connectivity index (χ0v) is 29.7. The normalized spacial score (nSPS) is 12.2. The second kappa shape index (κ2) is 19.1. The molecule has 46 heavy (non-hydrogen) atoms. The first-order valence-corrected chi connectivity index (χ1v) is 20.4. The van der Waals surface area contributed by atoms with Gasteiger partial charge in [0.25, 0.3) is 0 Å². The Morgan fingerprint density at radius 3 is 1.26 bits per heavy atom. The van der Waals surface area contributed by atoms with Gasteiger partial charge in [-0.05, 0) is 60.4 Å². The maximum absolute atomic E-state index is 10.7. The average Bonchev–Trinajstić information content (AvgIpc) is 3.00. The Hall–Kier alpha value is -2.86. The van der Waals surface area contributed by atoms with Crippen LogP contribution < -0.4 is 9.47 Å². The lowest BCUT2D eigenvalue weighted by molar-refractivity contribution is -0.0510. The average molecular weight is 699 g/mol. The van der Waals surface area contributed by atoms with Crippen LogP contribution in [0.3, 0.4) is 0 Å². The summed E-state index contributed by atoms with van der Waals surface area (Å²) in [5, 5.41) is 0. The number of hydrogen-bond donors (Lipinski definition) is 1. The first-order chi connectivity index (χ1) is 21.7. The fourth-order valence-electron chi connectivity index (χ4n) is 3.83. The lowest BCUT2D eigenvalue weighted by Crippen LogP contribution is -2.21. The molecule has 3 aromatic carbocycles. The highest BCUT2D eigenvalue weighted by atomic mass is 32.2. The predicted octanol–water partition coefficient (Wildman–Crippen LogP) is 9.25. The number of ether oxygens (including phenoxy) is 2. The Kier molecular flexibility index (Phi) is 16.3. The summed E-state index contributed by atoms with van der Waals surface area (Å²) < 4.78 is 70.1. The predicted molar refractivity (Wildman–Crippen MR) is 191 cm³/mol. The van der Waals surface area contributed by atoms with Gasteiger partial charge >= 0.3 is 15.6 Å². The van der Waals surface area contributed by atoms with Gasteiger partial charge in [-0.2, -0.15) is 21.6 Å². The molecule has 0 spiro atoms. The van der Waals surface area contributed by atoms with E-state index in [1.807, 2.05) is 0 Å². The van der Waals surface area contributed by atoms with Gasteiger partial charge in [-0.3, -0.25) is 4.55 Å². The van der Waals surface area contributed by atoms with Crippen LogP contribution in [-0.2, 0) is 31.9 Å². The molecular weight excluding hydrogens is 654 g/mol. The Morgan fingerprint density at radius 2 is 1.00 bits per heavy atom. The molecule has 252 valence electrons. The largest absolute Gasteiger partial charge is 0.522 e. The van der Waals surface area contributed by atoms with E-state index in [0.717, 1.165) is 48.3 Å². The molecule has 0 heterocycles. The van der Waals surface area contributed by atoms with Gasteiger partial charge in [0.1, 0.15) is 36.5 Å². The molecule has 0 aliphatic heterocycles. The summed E-state index contributed by atoms with van der Waals surface area (Å²) >= 11 is 0. The minimum Gasteiger partial charge on any atom is -0.493 e. The SMILES string of the molecule is CCCCOc1cc(C=Cc2ccc([S+](C)C)cc2)c(OCCCC)cc1C=Cc1ccc([S+](C)C)cc1.O=S(=O)(O)C(F)(F)F. The monoisotopic (exact) mass is 698 g/mol. The van der Waals surface area contributed by atoms with Crippen LogP contribution in [0.1, 0.15) is 61.8 Å². The van der Waals surface area contributed by atoms with Crippen LogP contribution in [0.15, 0.2) is 70.5 Å². The summed E-state index contributed by atoms with van der Waals surface area (Å²) in [5.41, 5.74) is -1.08. The van der Waals surface area contributed by atoms with Crippen LogP contribution in [0.2, 0.25) is 0 Å². The molecule has 0 aromatic heterocycles. The zero-order chi connectivity index (χ0) is 34.3. The molecule has 5 nitrogen and oxygen atoms in total. The first kappa shape index (κ1) is 39.3. The molecule has 0 aliphatic carbocycles. The molecule has 0 amide bonds. The fraction of sp³-hybridized carbons (Fsp3) is 0.371. The van der Waals surface area contributed by atoms with E-state index >= 15 is 0 Å². The first-order valence-electron chi connectivity index (χ1n) is 14.8. The van der Waals surface area contributed by atoms with Crippen molar-refractivity contribution in [3.05, 3.63) is 82.9 Å². The van der Waals surface area contributed by atoms with Gasteiger partial charge in [0.05, 0.1) is 13.2 Å². The van der Waals surface area contributed by atoms with Crippen LogP contribution in [0.5, 0.6) is 11.5 Å². The third kappa shape index (κ3) is 13.5. The van der Waals surface area contributed by atoms with E-state index in [0.29, 0.717) is 13.2 Å². The molecule has 0 aliphatic rings. The lowest BCUT2D eigenvalue weighted by Gasteiger charge is -2.15. The molecule has 1 N–H and O–H groups in total. The Bertz CT molecular complexity index is 1420. The van der Waals surface area contributed by atoms with Gasteiger partial charge in [0, 0.05) is 32.9 Å². The highest BCUT2D eigenvalue weighted by Gasteiger charge is 2.44. The summed E-state index contributed by atoms with van der Waals surface area (Å²) in [6, 6.07) is 21.9. The second-order valence-electron chi connectivity index (χ2n) is 10.7. The van der Waals surface area contributed by atoms with E-state index in [1.165, 1.54) is 20.9 Å². The molecule has 0 fully saturated rings. The van der Waals surface area contributed by atoms with E-state index < -0.39 is 15.6 Å². The van der Waals surface area contributed by atoms with Crippen LogP contribution in [0.25, 0.3) is 24.3 Å². The molecule has 11 heteroatoms.